The molecule has 0 N–H and O–H groups in total. The van der Waals surface area contributed by atoms with Gasteiger partial charge in [-0.25, -0.2) is 0 Å². The number of alkyl halides is 2. The molecule has 3 nitrogen and oxygen atoms in total. The minimum Gasteiger partial charge on any atom is -0.333 e. The van der Waals surface area contributed by atoms with E-state index in [-0.39, 0.29) is 17.6 Å². The molecule has 1 aliphatic rings. The van der Waals surface area contributed by atoms with E-state index < -0.39 is 10.9 Å². The molecule has 1 fully saturated rings. The molecule has 0 aromatic carbocycles. The standard InChI is InChI=1S/C9H13Cl2NO2/c1-5(13)8-7(9(10)11)3-4-12(8)6(2)14/h7-9H,3-4H2,1-2H3/t7-,8+/m0/s1. The van der Waals surface area contributed by atoms with Crippen LogP contribution >= 0.6 is 23.2 Å². The minimum absolute atomic E-state index is 0.0472. The van der Waals surface area contributed by atoms with Crippen molar-refractivity contribution in [1.29, 1.82) is 0 Å². The molecule has 0 radical (unpaired) electrons. The van der Waals surface area contributed by atoms with Gasteiger partial charge in [-0.05, 0) is 13.3 Å². The molecule has 1 saturated heterocycles. The van der Waals surface area contributed by atoms with Crippen molar-refractivity contribution in [2.75, 3.05) is 6.54 Å². The summed E-state index contributed by atoms with van der Waals surface area (Å²) < 4.78 is 0. The van der Waals surface area contributed by atoms with Crippen LogP contribution in [0.2, 0.25) is 0 Å². The molecule has 0 saturated carbocycles. The highest BCUT2D eigenvalue weighted by Gasteiger charge is 2.41. The van der Waals surface area contributed by atoms with Gasteiger partial charge in [0.05, 0.1) is 6.04 Å². The first-order valence-corrected chi connectivity index (χ1v) is 5.38. The molecule has 2 atom stereocenters. The van der Waals surface area contributed by atoms with Gasteiger partial charge < -0.3 is 4.90 Å². The third kappa shape index (κ3) is 2.20. The quantitative estimate of drug-likeness (QED) is 0.685. The largest absolute Gasteiger partial charge is 0.333 e. The molecule has 14 heavy (non-hydrogen) atoms. The molecule has 1 amide bonds. The molecule has 0 unspecified atom stereocenters. The van der Waals surface area contributed by atoms with E-state index in [0.717, 1.165) is 0 Å². The number of amides is 1. The number of halogens is 2. The van der Waals surface area contributed by atoms with Crippen LogP contribution in [0.4, 0.5) is 0 Å². The number of Topliss-reactive ketones (excluding diaryl/α,β-unsaturated/α-hetero) is 1. The van der Waals surface area contributed by atoms with Crippen molar-refractivity contribution < 1.29 is 9.59 Å². The lowest BCUT2D eigenvalue weighted by molar-refractivity contribution is -0.135. The van der Waals surface area contributed by atoms with E-state index in [4.69, 9.17) is 23.2 Å². The molecule has 0 aromatic heterocycles. The van der Waals surface area contributed by atoms with Gasteiger partial charge in [-0.15, -0.1) is 23.2 Å². The van der Waals surface area contributed by atoms with Crippen molar-refractivity contribution in [1.82, 2.24) is 4.90 Å². The van der Waals surface area contributed by atoms with Crippen LogP contribution < -0.4 is 0 Å². The highest BCUT2D eigenvalue weighted by Crippen LogP contribution is 2.32. The van der Waals surface area contributed by atoms with E-state index in [1.54, 1.807) is 4.90 Å². The second kappa shape index (κ2) is 4.49. The van der Waals surface area contributed by atoms with Crippen LogP contribution in [0.25, 0.3) is 0 Å². The lowest BCUT2D eigenvalue weighted by Crippen LogP contribution is -2.42. The van der Waals surface area contributed by atoms with Crippen LogP contribution in [-0.2, 0) is 9.59 Å². The number of nitrogens with zero attached hydrogens (tertiary/aromatic N) is 1. The summed E-state index contributed by atoms with van der Waals surface area (Å²) in [7, 11) is 0. The number of carbonyl (C=O) groups is 2. The Morgan fingerprint density at radius 2 is 1.93 bits per heavy atom. The van der Waals surface area contributed by atoms with E-state index in [1.807, 2.05) is 0 Å². The van der Waals surface area contributed by atoms with Gasteiger partial charge in [0.2, 0.25) is 5.91 Å². The molecule has 0 aliphatic carbocycles. The SMILES string of the molecule is CC(=O)[C@@H]1[C@@H](C(Cl)Cl)CCN1C(C)=O. The smallest absolute Gasteiger partial charge is 0.220 e. The van der Waals surface area contributed by atoms with E-state index >= 15 is 0 Å². The van der Waals surface area contributed by atoms with Gasteiger partial charge in [-0.2, -0.15) is 0 Å². The lowest BCUT2D eigenvalue weighted by atomic mass is 9.99. The zero-order valence-corrected chi connectivity index (χ0v) is 9.68. The van der Waals surface area contributed by atoms with Gasteiger partial charge in [0.1, 0.15) is 4.84 Å². The molecule has 5 heteroatoms. The summed E-state index contributed by atoms with van der Waals surface area (Å²) in [5, 5.41) is 0. The first-order chi connectivity index (χ1) is 6.45. The van der Waals surface area contributed by atoms with Gasteiger partial charge in [0.25, 0.3) is 0 Å². The number of hydrogen-bond donors (Lipinski definition) is 0. The second-order valence-corrected chi connectivity index (χ2v) is 4.72. The van der Waals surface area contributed by atoms with Gasteiger partial charge in [0.15, 0.2) is 5.78 Å². The van der Waals surface area contributed by atoms with Gasteiger partial charge in [0, 0.05) is 19.4 Å². The fourth-order valence-corrected chi connectivity index (χ4v) is 2.48. The molecule has 1 rings (SSSR count). The van der Waals surface area contributed by atoms with Crippen LogP contribution in [0.1, 0.15) is 20.3 Å². The molecule has 0 spiro atoms. The third-order valence-electron chi connectivity index (χ3n) is 2.59. The average molecular weight is 238 g/mol. The van der Waals surface area contributed by atoms with Crippen LogP contribution in [0, 0.1) is 5.92 Å². The Labute approximate surface area is 93.3 Å². The lowest BCUT2D eigenvalue weighted by Gasteiger charge is -2.25. The molecule has 1 heterocycles. The van der Waals surface area contributed by atoms with E-state index in [2.05, 4.69) is 0 Å². The van der Waals surface area contributed by atoms with Crippen molar-refractivity contribution in [2.45, 2.75) is 31.1 Å². The second-order valence-electron chi connectivity index (χ2n) is 3.55. The van der Waals surface area contributed by atoms with E-state index in [1.165, 1.54) is 13.8 Å². The summed E-state index contributed by atoms with van der Waals surface area (Å²) >= 11 is 11.5. The van der Waals surface area contributed by atoms with E-state index in [9.17, 15) is 9.59 Å². The summed E-state index contributed by atoms with van der Waals surface area (Å²) in [4.78, 5) is 23.5. The number of carbonyl (C=O) groups excluding carboxylic acids is 2. The summed E-state index contributed by atoms with van der Waals surface area (Å²) in [6.45, 7) is 3.49. The normalized spacial score (nSPS) is 27.1. The number of rotatable bonds is 2. The fourth-order valence-electron chi connectivity index (χ4n) is 1.95. The zero-order chi connectivity index (χ0) is 10.9. The molecular formula is C9H13Cl2NO2. The molecule has 0 aromatic rings. The molecular weight excluding hydrogens is 225 g/mol. The Morgan fingerprint density at radius 3 is 2.29 bits per heavy atom. The molecule has 0 bridgehead atoms. The minimum atomic E-state index is -0.590. The summed E-state index contributed by atoms with van der Waals surface area (Å²) in [5.41, 5.74) is 0. The van der Waals surface area contributed by atoms with Crippen molar-refractivity contribution in [2.24, 2.45) is 5.92 Å². The Morgan fingerprint density at radius 1 is 1.36 bits per heavy atom. The third-order valence-corrected chi connectivity index (χ3v) is 3.24. The monoisotopic (exact) mass is 237 g/mol. The van der Waals surface area contributed by atoms with Crippen LogP contribution in [0.3, 0.4) is 0 Å². The average Bonchev–Trinajstić information content (AvgIpc) is 2.46. The summed E-state index contributed by atoms with van der Waals surface area (Å²) in [6, 6.07) is -0.438. The molecule has 80 valence electrons. The number of hydrogen-bond acceptors (Lipinski definition) is 2. The maximum atomic E-state index is 11.4. The van der Waals surface area contributed by atoms with Crippen LogP contribution in [-0.4, -0.2) is 34.0 Å². The van der Waals surface area contributed by atoms with Crippen molar-refractivity contribution in [3.05, 3.63) is 0 Å². The maximum Gasteiger partial charge on any atom is 0.220 e. The Hall–Kier alpha value is -0.280. The van der Waals surface area contributed by atoms with Gasteiger partial charge >= 0.3 is 0 Å². The number of ketones is 1. The predicted molar refractivity (Wildman–Crippen MR) is 55.5 cm³/mol. The molecule has 1 aliphatic heterocycles. The highest BCUT2D eigenvalue weighted by atomic mass is 35.5. The van der Waals surface area contributed by atoms with Crippen LogP contribution in [0.15, 0.2) is 0 Å². The summed E-state index contributed by atoms with van der Waals surface area (Å²) in [5.74, 6) is -0.268. The zero-order valence-electron chi connectivity index (χ0n) is 8.17. The van der Waals surface area contributed by atoms with Crippen molar-refractivity contribution in [3.63, 3.8) is 0 Å². The first kappa shape index (κ1) is 11.8. The van der Waals surface area contributed by atoms with E-state index in [0.29, 0.717) is 13.0 Å². The van der Waals surface area contributed by atoms with Gasteiger partial charge in [-0.3, -0.25) is 9.59 Å². The highest BCUT2D eigenvalue weighted by molar-refractivity contribution is 6.44. The Bertz CT molecular complexity index is 255. The predicted octanol–water partition coefficient (Wildman–Crippen LogP) is 1.62. The Balaban J connectivity index is 2.85. The Kier molecular flexibility index (Phi) is 3.78. The van der Waals surface area contributed by atoms with Crippen LogP contribution in [0.5, 0.6) is 0 Å². The first-order valence-electron chi connectivity index (χ1n) is 4.51. The fraction of sp³-hybridized carbons (Fsp3) is 0.778. The topological polar surface area (TPSA) is 37.4 Å². The van der Waals surface area contributed by atoms with Crippen molar-refractivity contribution >= 4 is 34.9 Å². The summed E-state index contributed by atoms with van der Waals surface area (Å²) in [6.07, 6.45) is 0.696. The maximum absolute atomic E-state index is 11.4. The van der Waals surface area contributed by atoms with Gasteiger partial charge in [-0.1, -0.05) is 0 Å². The number of likely N-dealkylation sites (tertiary alicyclic amines) is 1. The van der Waals surface area contributed by atoms with Crippen molar-refractivity contribution in [3.8, 4) is 0 Å².